The fourth-order valence-electron chi connectivity index (χ4n) is 4.19. The number of hydrogen-bond donors (Lipinski definition) is 0. The van der Waals surface area contributed by atoms with Gasteiger partial charge in [-0.15, -0.1) is 0 Å². The zero-order valence-corrected chi connectivity index (χ0v) is 22.2. The average Bonchev–Trinajstić information content (AvgIpc) is 3.09. The zero-order valence-electron chi connectivity index (χ0n) is 22.2. The first-order chi connectivity index (χ1) is 18.4. The topological polar surface area (TPSA) is 210 Å². The lowest BCUT2D eigenvalue weighted by Crippen LogP contribution is -2.57. The Morgan fingerprint density at radius 3 is 1.26 bits per heavy atom. The second kappa shape index (κ2) is 13.2. The van der Waals surface area contributed by atoms with Crippen LogP contribution in [0.1, 0.15) is 0 Å². The molecule has 1 aliphatic carbocycles. The van der Waals surface area contributed by atoms with E-state index in [1.54, 1.807) is 0 Å². The van der Waals surface area contributed by atoms with E-state index in [-0.39, 0.29) is 0 Å². The van der Waals surface area contributed by atoms with Crippen LogP contribution in [0.15, 0.2) is 22.3 Å². The fourth-order valence-corrected chi connectivity index (χ4v) is 4.19. The Balaban J connectivity index is 5.06. The summed E-state index contributed by atoms with van der Waals surface area (Å²) in [4.78, 5) is 107. The minimum atomic E-state index is -3.46. The van der Waals surface area contributed by atoms with Crippen molar-refractivity contribution in [3.05, 3.63) is 22.3 Å². The van der Waals surface area contributed by atoms with Crippen LogP contribution >= 0.6 is 0 Å². The summed E-state index contributed by atoms with van der Waals surface area (Å²) < 4.78 is 37.7. The van der Waals surface area contributed by atoms with Gasteiger partial charge in [0, 0.05) is 0 Å². The molecule has 0 saturated heterocycles. The smallest absolute Gasteiger partial charge is 0.339 e. The minimum Gasteiger partial charge on any atom is -0.469 e. The van der Waals surface area contributed by atoms with Gasteiger partial charge in [0.2, 0.25) is 5.41 Å². The van der Waals surface area contributed by atoms with Crippen molar-refractivity contribution in [1.29, 1.82) is 0 Å². The molecule has 0 radical (unpaired) electrons. The maximum Gasteiger partial charge on any atom is 0.339 e. The molecule has 39 heavy (non-hydrogen) atoms. The molecular weight excluding hydrogens is 532 g/mol. The second-order valence-corrected chi connectivity index (χ2v) is 7.30. The third-order valence-corrected chi connectivity index (χ3v) is 5.77. The molecule has 0 spiro atoms. The Labute approximate surface area is 221 Å². The Morgan fingerprint density at radius 2 is 0.897 bits per heavy atom. The van der Waals surface area contributed by atoms with Gasteiger partial charge in [-0.25, -0.2) is 19.2 Å². The van der Waals surface area contributed by atoms with Crippen LogP contribution in [0.5, 0.6) is 0 Å². The molecule has 0 aromatic heterocycles. The van der Waals surface area contributed by atoms with E-state index in [1.165, 1.54) is 0 Å². The average molecular weight is 558 g/mol. The highest BCUT2D eigenvalue weighted by Crippen LogP contribution is 2.52. The van der Waals surface area contributed by atoms with Gasteiger partial charge in [0.15, 0.2) is 0 Å². The lowest BCUT2D eigenvalue weighted by atomic mass is 9.63. The largest absolute Gasteiger partial charge is 0.469 e. The zero-order chi connectivity index (χ0) is 30.2. The highest BCUT2D eigenvalue weighted by atomic mass is 16.6. The molecule has 1 rings (SSSR count). The summed E-state index contributed by atoms with van der Waals surface area (Å²) in [5.41, 5.74) is -8.45. The molecule has 16 nitrogen and oxygen atoms in total. The lowest BCUT2D eigenvalue weighted by Gasteiger charge is -2.37. The van der Waals surface area contributed by atoms with Crippen molar-refractivity contribution >= 4 is 47.8 Å². The lowest BCUT2D eigenvalue weighted by molar-refractivity contribution is -0.183. The molecule has 0 bridgehead atoms. The molecule has 1 aliphatic rings. The van der Waals surface area contributed by atoms with Gasteiger partial charge in [-0.3, -0.25) is 19.2 Å². The molecule has 0 unspecified atom stereocenters. The summed E-state index contributed by atoms with van der Waals surface area (Å²) in [7, 11) is 6.13. The maximum absolute atomic E-state index is 13.6. The monoisotopic (exact) mass is 558 g/mol. The van der Waals surface area contributed by atoms with E-state index in [0.717, 1.165) is 56.9 Å². The van der Waals surface area contributed by atoms with Crippen LogP contribution in [0.25, 0.3) is 0 Å². The summed E-state index contributed by atoms with van der Waals surface area (Å²) in [6.07, 6.45) is 0. The van der Waals surface area contributed by atoms with E-state index < -0.39 is 87.3 Å². The van der Waals surface area contributed by atoms with Crippen LogP contribution in [-0.2, 0) is 76.3 Å². The van der Waals surface area contributed by atoms with Gasteiger partial charge in [-0.05, 0) is 0 Å². The van der Waals surface area contributed by atoms with E-state index in [2.05, 4.69) is 9.47 Å². The summed E-state index contributed by atoms with van der Waals surface area (Å²) in [5, 5.41) is 0. The summed E-state index contributed by atoms with van der Waals surface area (Å²) in [6.45, 7) is 0. The van der Waals surface area contributed by atoms with Crippen molar-refractivity contribution in [1.82, 2.24) is 0 Å². The molecule has 0 aliphatic heterocycles. The Hall–Kier alpha value is -4.76. The van der Waals surface area contributed by atoms with Crippen molar-refractivity contribution < 1.29 is 76.3 Å². The van der Waals surface area contributed by atoms with Crippen LogP contribution in [0.3, 0.4) is 0 Å². The molecule has 0 saturated carbocycles. The van der Waals surface area contributed by atoms with E-state index >= 15 is 0 Å². The van der Waals surface area contributed by atoms with Crippen molar-refractivity contribution in [2.24, 2.45) is 17.3 Å². The third-order valence-electron chi connectivity index (χ3n) is 5.77. The van der Waals surface area contributed by atoms with Gasteiger partial charge < -0.3 is 37.9 Å². The number of carbonyl (C=O) groups is 8. The highest BCUT2D eigenvalue weighted by Gasteiger charge is 2.70. The maximum atomic E-state index is 13.6. The number of carbonyl (C=O) groups excluding carboxylic acids is 8. The molecule has 0 amide bonds. The molecule has 0 aromatic carbocycles. The summed E-state index contributed by atoms with van der Waals surface area (Å²) >= 11 is 0. The number of ether oxygens (including phenoxy) is 8. The number of methoxy groups -OCH3 is 8. The molecule has 0 N–H and O–H groups in total. The molecule has 2 atom stereocenters. The van der Waals surface area contributed by atoms with E-state index in [1.807, 2.05) is 0 Å². The minimum absolute atomic E-state index is 0.724. The van der Waals surface area contributed by atoms with Crippen LogP contribution in [-0.4, -0.2) is 105 Å². The molecule has 0 heterocycles. The SMILES string of the molecule is COC(=O)C1=C(C(=O)OC)[C@@H](C(=O)OC)[C@@H](C(=O)OC)C(C(=O)OC)(C(=O)OC)C(C(=O)OC)=C1C(=O)OC. The van der Waals surface area contributed by atoms with Crippen molar-refractivity contribution in [2.45, 2.75) is 0 Å². The number of hydrogen-bond acceptors (Lipinski definition) is 16. The van der Waals surface area contributed by atoms with Crippen molar-refractivity contribution in [3.8, 4) is 0 Å². The van der Waals surface area contributed by atoms with E-state index in [0.29, 0.717) is 0 Å². The summed E-state index contributed by atoms with van der Waals surface area (Å²) in [5.74, 6) is -18.2. The third kappa shape index (κ3) is 5.17. The van der Waals surface area contributed by atoms with Crippen LogP contribution in [0, 0.1) is 17.3 Å². The quantitative estimate of drug-likeness (QED) is 0.183. The van der Waals surface area contributed by atoms with Gasteiger partial charge in [0.1, 0.15) is 11.8 Å². The van der Waals surface area contributed by atoms with Crippen molar-refractivity contribution in [2.75, 3.05) is 56.9 Å². The Bertz CT molecular complexity index is 1140. The number of esters is 8. The van der Waals surface area contributed by atoms with Gasteiger partial charge in [0.05, 0.1) is 79.2 Å². The molecular formula is C23H26O16. The first-order valence-corrected chi connectivity index (χ1v) is 10.5. The van der Waals surface area contributed by atoms with Crippen molar-refractivity contribution in [3.63, 3.8) is 0 Å². The van der Waals surface area contributed by atoms with Crippen LogP contribution in [0.4, 0.5) is 0 Å². The van der Waals surface area contributed by atoms with Crippen LogP contribution in [0.2, 0.25) is 0 Å². The Morgan fingerprint density at radius 1 is 0.487 bits per heavy atom. The van der Waals surface area contributed by atoms with E-state index in [9.17, 15) is 38.4 Å². The van der Waals surface area contributed by atoms with Gasteiger partial charge in [-0.2, -0.15) is 0 Å². The normalized spacial score (nSPS) is 18.1. The standard InChI is InChI=1S/C23H26O16/c1-32-15(24)9-10(16(25)33-2)12(18(27)35-4)14(20(29)37-6)23(21(30)38-7,22(31)39-8)13(19(28)36-5)11(9)17(26)34-3/h11,13H,1-8H3/t11-,13+/m1/s1. The van der Waals surface area contributed by atoms with Crippen LogP contribution < -0.4 is 0 Å². The first kappa shape index (κ1) is 32.3. The first-order valence-electron chi connectivity index (χ1n) is 10.5. The predicted octanol–water partition coefficient (Wildman–Crippen LogP) is -1.80. The predicted molar refractivity (Wildman–Crippen MR) is 120 cm³/mol. The van der Waals surface area contributed by atoms with Gasteiger partial charge >= 0.3 is 47.8 Å². The summed E-state index contributed by atoms with van der Waals surface area (Å²) in [6, 6.07) is 0. The molecule has 0 aromatic rings. The Kier molecular flexibility index (Phi) is 10.9. The molecule has 16 heteroatoms. The molecule has 0 fully saturated rings. The van der Waals surface area contributed by atoms with Gasteiger partial charge in [0.25, 0.3) is 0 Å². The van der Waals surface area contributed by atoms with Gasteiger partial charge in [-0.1, -0.05) is 0 Å². The fraction of sp³-hybridized carbons (Fsp3) is 0.478. The molecule has 214 valence electrons. The highest BCUT2D eigenvalue weighted by molar-refractivity contribution is 6.23. The second-order valence-electron chi connectivity index (χ2n) is 7.30. The van der Waals surface area contributed by atoms with E-state index in [4.69, 9.17) is 28.4 Å². The number of rotatable bonds is 8.